The van der Waals surface area contributed by atoms with Crippen LogP contribution in [0.2, 0.25) is 0 Å². The number of amides is 1. The van der Waals surface area contributed by atoms with Gasteiger partial charge in [-0.2, -0.15) is 13.2 Å². The van der Waals surface area contributed by atoms with Gasteiger partial charge in [-0.3, -0.25) is 4.90 Å². The quantitative estimate of drug-likeness (QED) is 0.873. The van der Waals surface area contributed by atoms with Crippen molar-refractivity contribution in [3.63, 3.8) is 0 Å². The lowest BCUT2D eigenvalue weighted by molar-refractivity contribution is -0.142. The molecule has 0 unspecified atom stereocenters. The minimum Gasteiger partial charge on any atom is -0.480 e. The van der Waals surface area contributed by atoms with E-state index >= 15 is 0 Å². The van der Waals surface area contributed by atoms with E-state index < -0.39 is 41.5 Å². The van der Waals surface area contributed by atoms with Gasteiger partial charge in [0.1, 0.15) is 17.7 Å². The Morgan fingerprint density at radius 2 is 1.92 bits per heavy atom. The average molecular weight is 376 g/mol. The van der Waals surface area contributed by atoms with E-state index in [0.29, 0.717) is 6.20 Å². The maximum atomic E-state index is 12.5. The number of pyridine rings is 1. The molecule has 10 heteroatoms. The van der Waals surface area contributed by atoms with Crippen LogP contribution < -0.4 is 4.74 Å². The molecule has 7 nitrogen and oxygen atoms in total. The molecule has 0 bridgehead atoms. The number of carbonyl (C=O) groups excluding carboxylic acids is 1. The standard InChI is InChI=1S/C16H19F3N2O5/c1-15(2,3)26-14(24)21-8-10(6-11(21)13(22)23)25-12-5-4-9(7-20-12)16(17,18)19/h4-5,7,10-11H,6,8H2,1-3H3,(H,22,23)/t10-,11+/m1/s1. The van der Waals surface area contributed by atoms with E-state index in [1.54, 1.807) is 20.8 Å². The molecule has 144 valence electrons. The van der Waals surface area contributed by atoms with Gasteiger partial charge in [0.25, 0.3) is 0 Å². The second-order valence-electron chi connectivity index (χ2n) is 6.85. The van der Waals surface area contributed by atoms with Gasteiger partial charge in [0, 0.05) is 18.7 Å². The molecule has 0 aliphatic carbocycles. The zero-order valence-corrected chi connectivity index (χ0v) is 14.4. The Bertz CT molecular complexity index is 670. The lowest BCUT2D eigenvalue weighted by atomic mass is 10.2. The largest absolute Gasteiger partial charge is 0.480 e. The zero-order valence-electron chi connectivity index (χ0n) is 14.4. The highest BCUT2D eigenvalue weighted by molar-refractivity contribution is 5.81. The van der Waals surface area contributed by atoms with Gasteiger partial charge in [-0.25, -0.2) is 14.6 Å². The van der Waals surface area contributed by atoms with Crippen molar-refractivity contribution in [1.29, 1.82) is 0 Å². The fourth-order valence-electron chi connectivity index (χ4n) is 2.43. The Labute approximate surface area is 147 Å². The average Bonchev–Trinajstić information content (AvgIpc) is 2.89. The summed E-state index contributed by atoms with van der Waals surface area (Å²) in [6, 6.07) is 0.719. The molecule has 1 aromatic heterocycles. The fraction of sp³-hybridized carbons (Fsp3) is 0.562. The third kappa shape index (κ3) is 4.99. The normalized spacial score (nSPS) is 20.8. The Balaban J connectivity index is 2.07. The van der Waals surface area contributed by atoms with Crippen molar-refractivity contribution in [2.45, 2.75) is 51.1 Å². The predicted molar refractivity (Wildman–Crippen MR) is 82.6 cm³/mol. The monoisotopic (exact) mass is 376 g/mol. The van der Waals surface area contributed by atoms with Crippen LogP contribution in [0.1, 0.15) is 32.8 Å². The molecular formula is C16H19F3N2O5. The molecule has 0 radical (unpaired) electrons. The first-order valence-electron chi connectivity index (χ1n) is 7.79. The number of carboxylic acid groups (broad SMARTS) is 1. The molecule has 1 aliphatic rings. The van der Waals surface area contributed by atoms with Crippen molar-refractivity contribution in [3.05, 3.63) is 23.9 Å². The third-order valence-electron chi connectivity index (χ3n) is 3.53. The van der Waals surface area contributed by atoms with Gasteiger partial charge in [-0.1, -0.05) is 0 Å². The smallest absolute Gasteiger partial charge is 0.417 e. The second kappa shape index (κ2) is 7.00. The number of aromatic nitrogens is 1. The molecule has 1 fully saturated rings. The lowest BCUT2D eigenvalue weighted by Gasteiger charge is -2.26. The number of ether oxygens (including phenoxy) is 2. The van der Waals surface area contributed by atoms with Crippen LogP contribution in [0, 0.1) is 0 Å². The van der Waals surface area contributed by atoms with E-state index in [-0.39, 0.29) is 18.8 Å². The SMILES string of the molecule is CC(C)(C)OC(=O)N1C[C@H](Oc2ccc(C(F)(F)F)cn2)C[C@H]1C(=O)O. The summed E-state index contributed by atoms with van der Waals surface area (Å²) >= 11 is 0. The summed E-state index contributed by atoms with van der Waals surface area (Å²) in [6.45, 7) is 4.87. The van der Waals surface area contributed by atoms with E-state index in [9.17, 15) is 27.9 Å². The van der Waals surface area contributed by atoms with E-state index in [2.05, 4.69) is 4.98 Å². The van der Waals surface area contributed by atoms with Crippen molar-refractivity contribution in [2.24, 2.45) is 0 Å². The minimum absolute atomic E-state index is 0.0305. The molecule has 0 aromatic carbocycles. The highest BCUT2D eigenvalue weighted by Crippen LogP contribution is 2.30. The maximum absolute atomic E-state index is 12.5. The van der Waals surface area contributed by atoms with Crippen LogP contribution in [0.4, 0.5) is 18.0 Å². The number of alkyl halides is 3. The van der Waals surface area contributed by atoms with Crippen LogP contribution in [0.15, 0.2) is 18.3 Å². The number of rotatable bonds is 3. The first-order valence-corrected chi connectivity index (χ1v) is 7.79. The Morgan fingerprint density at radius 3 is 2.38 bits per heavy atom. The number of likely N-dealkylation sites (tertiary alicyclic amines) is 1. The maximum Gasteiger partial charge on any atom is 0.417 e. The van der Waals surface area contributed by atoms with E-state index in [0.717, 1.165) is 17.0 Å². The third-order valence-corrected chi connectivity index (χ3v) is 3.53. The zero-order chi connectivity index (χ0) is 19.7. The molecule has 1 aromatic rings. The summed E-state index contributed by atoms with van der Waals surface area (Å²) in [5.74, 6) is -1.31. The molecular weight excluding hydrogens is 357 g/mol. The van der Waals surface area contributed by atoms with Crippen LogP contribution in [-0.2, 0) is 15.7 Å². The molecule has 1 saturated heterocycles. The van der Waals surface area contributed by atoms with Gasteiger partial charge in [-0.15, -0.1) is 0 Å². The number of aliphatic carboxylic acids is 1. The van der Waals surface area contributed by atoms with Gasteiger partial charge in [0.2, 0.25) is 5.88 Å². The predicted octanol–water partition coefficient (Wildman–Crippen LogP) is 2.94. The Hall–Kier alpha value is -2.52. The van der Waals surface area contributed by atoms with E-state index in [1.807, 2.05) is 0 Å². The number of carbonyl (C=O) groups is 2. The first kappa shape index (κ1) is 19.8. The van der Waals surface area contributed by atoms with Gasteiger partial charge in [-0.05, 0) is 26.8 Å². The molecule has 0 saturated carbocycles. The van der Waals surface area contributed by atoms with Gasteiger partial charge >= 0.3 is 18.2 Å². The van der Waals surface area contributed by atoms with Gasteiger partial charge in [0.05, 0.1) is 12.1 Å². The van der Waals surface area contributed by atoms with Crippen molar-refractivity contribution in [1.82, 2.24) is 9.88 Å². The number of carboxylic acids is 1. The molecule has 2 atom stereocenters. The van der Waals surface area contributed by atoms with Crippen molar-refractivity contribution in [3.8, 4) is 5.88 Å². The Kier molecular flexibility index (Phi) is 5.33. The lowest BCUT2D eigenvalue weighted by Crippen LogP contribution is -2.43. The topological polar surface area (TPSA) is 89.0 Å². The summed E-state index contributed by atoms with van der Waals surface area (Å²) in [5, 5.41) is 9.30. The number of hydrogen-bond donors (Lipinski definition) is 1. The van der Waals surface area contributed by atoms with Crippen molar-refractivity contribution >= 4 is 12.1 Å². The number of nitrogens with zero attached hydrogens (tertiary/aromatic N) is 2. The fourth-order valence-corrected chi connectivity index (χ4v) is 2.43. The molecule has 2 rings (SSSR count). The van der Waals surface area contributed by atoms with Crippen LogP contribution in [0.25, 0.3) is 0 Å². The van der Waals surface area contributed by atoms with Crippen LogP contribution in [-0.4, -0.2) is 51.3 Å². The van der Waals surface area contributed by atoms with Crippen molar-refractivity contribution in [2.75, 3.05) is 6.54 Å². The molecule has 1 N–H and O–H groups in total. The molecule has 1 amide bonds. The highest BCUT2D eigenvalue weighted by atomic mass is 19.4. The van der Waals surface area contributed by atoms with Crippen LogP contribution >= 0.6 is 0 Å². The van der Waals surface area contributed by atoms with E-state index in [1.165, 1.54) is 0 Å². The minimum atomic E-state index is -4.51. The second-order valence-corrected chi connectivity index (χ2v) is 6.85. The van der Waals surface area contributed by atoms with Gasteiger partial charge < -0.3 is 14.6 Å². The molecule has 2 heterocycles. The molecule has 0 spiro atoms. The van der Waals surface area contributed by atoms with Crippen LogP contribution in [0.5, 0.6) is 5.88 Å². The number of hydrogen-bond acceptors (Lipinski definition) is 5. The molecule has 26 heavy (non-hydrogen) atoms. The van der Waals surface area contributed by atoms with Crippen LogP contribution in [0.3, 0.4) is 0 Å². The highest BCUT2D eigenvalue weighted by Gasteiger charge is 2.43. The summed E-state index contributed by atoms with van der Waals surface area (Å²) in [7, 11) is 0. The Morgan fingerprint density at radius 1 is 1.27 bits per heavy atom. The summed E-state index contributed by atoms with van der Waals surface area (Å²) in [5.41, 5.74) is -1.72. The van der Waals surface area contributed by atoms with Crippen molar-refractivity contribution < 1.29 is 37.3 Å². The van der Waals surface area contributed by atoms with E-state index in [4.69, 9.17) is 9.47 Å². The summed E-state index contributed by atoms with van der Waals surface area (Å²) in [6.07, 6.45) is -5.44. The summed E-state index contributed by atoms with van der Waals surface area (Å²) in [4.78, 5) is 28.2. The molecule has 1 aliphatic heterocycles. The van der Waals surface area contributed by atoms with Gasteiger partial charge in [0.15, 0.2) is 0 Å². The summed E-state index contributed by atoms with van der Waals surface area (Å²) < 4.78 is 48.2. The first-order chi connectivity index (χ1) is 11.9. The number of halogens is 3.